The Morgan fingerprint density at radius 1 is 1.04 bits per heavy atom. The first kappa shape index (κ1) is 17.9. The normalized spacial score (nSPS) is 12.3. The standard InChI is InChI=1S/C20H20N2O3S/c1-3-15-8-11-17(12-9-15)26(24,25)22-21-14(2)18-13-10-16-6-4-5-7-19(16)20(18)23/h4-13,22-23H,3H2,1-2H3/b21-14+. The predicted molar refractivity (Wildman–Crippen MR) is 104 cm³/mol. The molecule has 0 spiro atoms. The van der Waals surface area contributed by atoms with Crippen molar-refractivity contribution >= 4 is 26.5 Å². The SMILES string of the molecule is CCc1ccc(S(=O)(=O)N/N=C(\C)c2ccc3ccccc3c2O)cc1. The summed E-state index contributed by atoms with van der Waals surface area (Å²) in [5, 5.41) is 16.0. The van der Waals surface area contributed by atoms with Gasteiger partial charge in [0.1, 0.15) is 5.75 Å². The molecule has 0 unspecified atom stereocenters. The molecule has 0 fully saturated rings. The third kappa shape index (κ3) is 3.55. The van der Waals surface area contributed by atoms with E-state index in [4.69, 9.17) is 0 Å². The van der Waals surface area contributed by atoms with Crippen LogP contribution in [0.1, 0.15) is 25.0 Å². The van der Waals surface area contributed by atoms with E-state index in [1.807, 2.05) is 31.2 Å². The Labute approximate surface area is 153 Å². The molecule has 134 valence electrons. The van der Waals surface area contributed by atoms with Crippen LogP contribution in [0.2, 0.25) is 0 Å². The van der Waals surface area contributed by atoms with Crippen LogP contribution in [0.25, 0.3) is 10.8 Å². The highest BCUT2D eigenvalue weighted by Gasteiger charge is 2.14. The van der Waals surface area contributed by atoms with Crippen molar-refractivity contribution in [2.75, 3.05) is 0 Å². The maximum absolute atomic E-state index is 12.4. The fourth-order valence-corrected chi connectivity index (χ4v) is 3.55. The Kier molecular flexibility index (Phi) is 4.95. The first-order chi connectivity index (χ1) is 12.4. The largest absolute Gasteiger partial charge is 0.507 e. The van der Waals surface area contributed by atoms with Crippen molar-refractivity contribution in [2.45, 2.75) is 25.2 Å². The topological polar surface area (TPSA) is 78.8 Å². The van der Waals surface area contributed by atoms with Crippen molar-refractivity contribution in [1.82, 2.24) is 4.83 Å². The molecule has 3 rings (SSSR count). The molecular weight excluding hydrogens is 348 g/mol. The fourth-order valence-electron chi connectivity index (χ4n) is 2.69. The molecule has 0 saturated heterocycles. The van der Waals surface area contributed by atoms with Crippen LogP contribution in [0.5, 0.6) is 5.75 Å². The van der Waals surface area contributed by atoms with Crippen molar-refractivity contribution in [2.24, 2.45) is 5.10 Å². The van der Waals surface area contributed by atoms with E-state index in [1.165, 1.54) is 0 Å². The number of aromatic hydroxyl groups is 1. The van der Waals surface area contributed by atoms with Crippen molar-refractivity contribution in [3.8, 4) is 5.75 Å². The van der Waals surface area contributed by atoms with Crippen LogP contribution in [0.4, 0.5) is 0 Å². The number of hydrogen-bond acceptors (Lipinski definition) is 4. The molecule has 5 nitrogen and oxygen atoms in total. The number of hydrogen-bond donors (Lipinski definition) is 2. The van der Waals surface area contributed by atoms with Gasteiger partial charge >= 0.3 is 0 Å². The lowest BCUT2D eigenvalue weighted by Crippen LogP contribution is -2.20. The number of rotatable bonds is 5. The quantitative estimate of drug-likeness (QED) is 0.531. The number of nitrogens with one attached hydrogen (secondary N) is 1. The summed E-state index contributed by atoms with van der Waals surface area (Å²) >= 11 is 0. The summed E-state index contributed by atoms with van der Waals surface area (Å²) in [6.45, 7) is 3.65. The van der Waals surface area contributed by atoms with Gasteiger partial charge in [0.25, 0.3) is 10.0 Å². The minimum atomic E-state index is -3.76. The van der Waals surface area contributed by atoms with Crippen LogP contribution in [0.15, 0.2) is 70.7 Å². The zero-order chi connectivity index (χ0) is 18.7. The molecule has 0 aliphatic heterocycles. The summed E-state index contributed by atoms with van der Waals surface area (Å²) in [6.07, 6.45) is 0.840. The van der Waals surface area contributed by atoms with E-state index < -0.39 is 10.0 Å². The summed E-state index contributed by atoms with van der Waals surface area (Å²) in [5.41, 5.74) is 1.92. The van der Waals surface area contributed by atoms with E-state index in [0.717, 1.165) is 17.4 Å². The van der Waals surface area contributed by atoms with Gasteiger partial charge in [-0.3, -0.25) is 0 Å². The second-order valence-corrected chi connectivity index (χ2v) is 7.63. The minimum absolute atomic E-state index is 0.0795. The van der Waals surface area contributed by atoms with E-state index >= 15 is 0 Å². The fraction of sp³-hybridized carbons (Fsp3) is 0.150. The van der Waals surface area contributed by atoms with Gasteiger partial charge in [0.15, 0.2) is 0 Å². The van der Waals surface area contributed by atoms with Crippen LogP contribution in [0.3, 0.4) is 0 Å². The van der Waals surface area contributed by atoms with Gasteiger partial charge in [-0.05, 0) is 42.5 Å². The maximum atomic E-state index is 12.4. The van der Waals surface area contributed by atoms with Crippen molar-refractivity contribution < 1.29 is 13.5 Å². The average Bonchev–Trinajstić information content (AvgIpc) is 2.67. The number of benzene rings is 3. The van der Waals surface area contributed by atoms with Crippen molar-refractivity contribution in [3.63, 3.8) is 0 Å². The highest BCUT2D eigenvalue weighted by molar-refractivity contribution is 7.89. The second-order valence-electron chi connectivity index (χ2n) is 5.97. The van der Waals surface area contributed by atoms with Gasteiger partial charge < -0.3 is 5.11 Å². The number of phenolic OH excluding ortho intramolecular Hbond substituents is 1. The van der Waals surface area contributed by atoms with Gasteiger partial charge in [0, 0.05) is 10.9 Å². The average molecular weight is 368 g/mol. The van der Waals surface area contributed by atoms with Gasteiger partial charge in [-0.1, -0.05) is 49.4 Å². The van der Waals surface area contributed by atoms with Crippen LogP contribution in [-0.2, 0) is 16.4 Å². The zero-order valence-corrected chi connectivity index (χ0v) is 15.4. The Balaban J connectivity index is 1.89. The molecule has 0 atom stereocenters. The summed E-state index contributed by atoms with van der Waals surface area (Å²) in [4.78, 5) is 2.38. The van der Waals surface area contributed by atoms with Gasteiger partial charge in [-0.15, -0.1) is 0 Å². The highest BCUT2D eigenvalue weighted by Crippen LogP contribution is 2.29. The Bertz CT molecular complexity index is 1070. The van der Waals surface area contributed by atoms with Gasteiger partial charge in [-0.25, -0.2) is 0 Å². The summed E-state index contributed by atoms with van der Waals surface area (Å²) in [7, 11) is -3.76. The molecular formula is C20H20N2O3S. The second kappa shape index (κ2) is 7.17. The molecule has 6 heteroatoms. The lowest BCUT2D eigenvalue weighted by atomic mass is 10.0. The molecule has 0 aliphatic carbocycles. The summed E-state index contributed by atoms with van der Waals surface area (Å²) in [6, 6.07) is 17.7. The van der Waals surface area contributed by atoms with Gasteiger partial charge in [0.2, 0.25) is 0 Å². The van der Waals surface area contributed by atoms with Crippen molar-refractivity contribution in [1.29, 1.82) is 0 Å². The third-order valence-corrected chi connectivity index (χ3v) is 5.49. The summed E-state index contributed by atoms with van der Waals surface area (Å²) < 4.78 is 24.8. The molecule has 0 radical (unpaired) electrons. The monoisotopic (exact) mass is 368 g/mol. The molecule has 2 N–H and O–H groups in total. The predicted octanol–water partition coefficient (Wildman–Crippen LogP) is 3.81. The molecule has 26 heavy (non-hydrogen) atoms. The highest BCUT2D eigenvalue weighted by atomic mass is 32.2. The van der Waals surface area contributed by atoms with E-state index in [1.54, 1.807) is 43.3 Å². The Morgan fingerprint density at radius 3 is 2.42 bits per heavy atom. The molecule has 0 heterocycles. The van der Waals surface area contributed by atoms with E-state index in [0.29, 0.717) is 16.7 Å². The summed E-state index contributed by atoms with van der Waals surface area (Å²) in [5.74, 6) is 0.0795. The van der Waals surface area contributed by atoms with Gasteiger partial charge in [0.05, 0.1) is 10.6 Å². The van der Waals surface area contributed by atoms with Crippen LogP contribution in [0, 0.1) is 0 Å². The first-order valence-electron chi connectivity index (χ1n) is 8.28. The molecule has 0 amide bonds. The van der Waals surface area contributed by atoms with Crippen LogP contribution in [-0.4, -0.2) is 19.2 Å². The van der Waals surface area contributed by atoms with Crippen LogP contribution >= 0.6 is 0 Å². The third-order valence-electron chi connectivity index (χ3n) is 4.27. The van der Waals surface area contributed by atoms with Crippen molar-refractivity contribution in [3.05, 3.63) is 71.8 Å². The number of phenols is 1. The number of fused-ring (bicyclic) bond motifs is 1. The number of sulfonamides is 1. The first-order valence-corrected chi connectivity index (χ1v) is 9.77. The minimum Gasteiger partial charge on any atom is -0.507 e. The molecule has 0 bridgehead atoms. The number of nitrogens with zero attached hydrogens (tertiary/aromatic N) is 1. The Hall–Kier alpha value is -2.86. The molecule has 0 aliphatic rings. The van der Waals surface area contributed by atoms with E-state index in [9.17, 15) is 13.5 Å². The lowest BCUT2D eigenvalue weighted by molar-refractivity contribution is 0.480. The molecule has 0 aromatic heterocycles. The van der Waals surface area contributed by atoms with E-state index in [2.05, 4.69) is 9.93 Å². The molecule has 3 aromatic rings. The lowest BCUT2D eigenvalue weighted by Gasteiger charge is -2.09. The smallest absolute Gasteiger partial charge is 0.276 e. The molecule has 0 saturated carbocycles. The number of aryl methyl sites for hydroxylation is 1. The van der Waals surface area contributed by atoms with Gasteiger partial charge in [-0.2, -0.15) is 18.4 Å². The maximum Gasteiger partial charge on any atom is 0.276 e. The Morgan fingerprint density at radius 2 is 1.73 bits per heavy atom. The number of hydrazone groups is 1. The van der Waals surface area contributed by atoms with E-state index in [-0.39, 0.29) is 10.6 Å². The zero-order valence-electron chi connectivity index (χ0n) is 14.6. The molecule has 3 aromatic carbocycles. The van der Waals surface area contributed by atoms with Crippen LogP contribution < -0.4 is 4.83 Å².